The molecule has 0 aromatic carbocycles. The quantitative estimate of drug-likeness (QED) is 0.510. The fourth-order valence-electron chi connectivity index (χ4n) is 0.912. The minimum absolute atomic E-state index is 0.223. The molecule has 1 radical (unpaired) electrons. The molecule has 0 spiro atoms. The number of hydrogen-bond donors (Lipinski definition) is 0. The average molecular weight is 131 g/mol. The Balaban J connectivity index is 2.30. The zero-order valence-electron chi connectivity index (χ0n) is 5.50. The first-order valence-corrected chi connectivity index (χ1v) is 3.11. The highest BCUT2D eigenvalue weighted by molar-refractivity contribution is 4.71. The number of hydrogen-bond acceptors (Lipinski definition) is 2. The minimum atomic E-state index is -0.580. The second-order valence-electron chi connectivity index (χ2n) is 2.18. The monoisotopic (exact) mass is 131 g/mol. The topological polar surface area (TPSA) is 38.4 Å². The van der Waals surface area contributed by atoms with Crippen molar-refractivity contribution in [1.82, 2.24) is 0 Å². The van der Waals surface area contributed by atoms with Crippen LogP contribution in [0.15, 0.2) is 0 Å². The average Bonchev–Trinajstić information content (AvgIpc) is 1.89. The van der Waals surface area contributed by atoms with Crippen molar-refractivity contribution in [2.45, 2.75) is 18.6 Å². The molecule has 1 heterocycles. The maximum Gasteiger partial charge on any atom is 0.123 e. The zero-order valence-corrected chi connectivity index (χ0v) is 5.50. The molecule has 0 amide bonds. The normalized spacial score (nSPS) is 36.7. The van der Waals surface area contributed by atoms with Gasteiger partial charge < -0.3 is 9.47 Å². The predicted octanol–water partition coefficient (Wildman–Crippen LogP) is 0.221. The molecule has 1 fully saturated rings. The Morgan fingerprint density at radius 2 is 2.44 bits per heavy atom. The van der Waals surface area contributed by atoms with E-state index in [4.69, 9.17) is 9.47 Å². The van der Waals surface area contributed by atoms with E-state index in [1.54, 1.807) is 7.11 Å². The van der Waals surface area contributed by atoms with Gasteiger partial charge in [-0.05, 0) is 0 Å². The van der Waals surface area contributed by atoms with Gasteiger partial charge in [0.15, 0.2) is 0 Å². The van der Waals surface area contributed by atoms with Crippen molar-refractivity contribution < 1.29 is 14.6 Å². The van der Waals surface area contributed by atoms with Gasteiger partial charge in [0.05, 0.1) is 6.61 Å². The minimum Gasteiger partial charge on any atom is -0.379 e. The molecular formula is C6H11O3. The highest BCUT2D eigenvalue weighted by Crippen LogP contribution is 2.09. The van der Waals surface area contributed by atoms with Gasteiger partial charge in [0.1, 0.15) is 12.2 Å². The van der Waals surface area contributed by atoms with Gasteiger partial charge in [0.2, 0.25) is 0 Å². The fraction of sp³-hybridized carbons (Fsp3) is 1.00. The fourth-order valence-corrected chi connectivity index (χ4v) is 0.912. The molecule has 1 saturated heterocycles. The Morgan fingerprint density at radius 3 is 2.89 bits per heavy atom. The summed E-state index contributed by atoms with van der Waals surface area (Å²) in [6, 6.07) is 0. The molecule has 3 heteroatoms. The molecule has 0 aliphatic carbocycles. The van der Waals surface area contributed by atoms with Crippen LogP contribution in [0, 0.1) is 0 Å². The third-order valence-corrected chi connectivity index (χ3v) is 1.55. The number of methoxy groups -OCH3 is 1. The predicted molar refractivity (Wildman–Crippen MR) is 30.7 cm³/mol. The van der Waals surface area contributed by atoms with E-state index in [0.29, 0.717) is 19.6 Å². The lowest BCUT2D eigenvalue weighted by molar-refractivity contribution is -0.125. The standard InChI is InChI=1S/C6H11O3/c1-8-6-4-9-3-2-5(6)7/h5-6H,2-4H2,1H3. The highest BCUT2D eigenvalue weighted by atomic mass is 16.5. The lowest BCUT2D eigenvalue weighted by atomic mass is 10.1. The first kappa shape index (κ1) is 6.99. The molecule has 3 nitrogen and oxygen atoms in total. The van der Waals surface area contributed by atoms with Gasteiger partial charge in [-0.25, -0.2) is 5.11 Å². The van der Waals surface area contributed by atoms with Crippen LogP contribution < -0.4 is 0 Å². The van der Waals surface area contributed by atoms with E-state index in [-0.39, 0.29) is 6.10 Å². The van der Waals surface area contributed by atoms with E-state index < -0.39 is 6.10 Å². The van der Waals surface area contributed by atoms with Crippen molar-refractivity contribution in [2.24, 2.45) is 0 Å². The maximum absolute atomic E-state index is 10.9. The summed E-state index contributed by atoms with van der Waals surface area (Å²) >= 11 is 0. The first-order chi connectivity index (χ1) is 4.34. The largest absolute Gasteiger partial charge is 0.379 e. The molecule has 0 N–H and O–H groups in total. The summed E-state index contributed by atoms with van der Waals surface area (Å²) in [6.45, 7) is 1.05. The molecule has 0 aromatic heterocycles. The van der Waals surface area contributed by atoms with E-state index in [0.717, 1.165) is 0 Å². The van der Waals surface area contributed by atoms with Gasteiger partial charge in [-0.2, -0.15) is 0 Å². The molecule has 1 aliphatic rings. The molecule has 2 unspecified atom stereocenters. The maximum atomic E-state index is 10.9. The lowest BCUT2D eigenvalue weighted by Gasteiger charge is -2.24. The van der Waals surface area contributed by atoms with Crippen LogP contribution in [0.5, 0.6) is 0 Å². The molecule has 9 heavy (non-hydrogen) atoms. The highest BCUT2D eigenvalue weighted by Gasteiger charge is 2.24. The van der Waals surface area contributed by atoms with E-state index >= 15 is 0 Å². The van der Waals surface area contributed by atoms with Gasteiger partial charge in [-0.3, -0.25) is 0 Å². The van der Waals surface area contributed by atoms with Gasteiger partial charge in [-0.1, -0.05) is 0 Å². The number of ether oxygens (including phenoxy) is 2. The van der Waals surface area contributed by atoms with Crippen LogP contribution in [0.2, 0.25) is 0 Å². The molecule has 0 saturated carbocycles. The molecule has 1 aliphatic heterocycles. The molecule has 1 rings (SSSR count). The number of rotatable bonds is 1. The van der Waals surface area contributed by atoms with E-state index in [1.807, 2.05) is 0 Å². The molecular weight excluding hydrogens is 120 g/mol. The first-order valence-electron chi connectivity index (χ1n) is 3.11. The smallest absolute Gasteiger partial charge is 0.123 e. The third-order valence-electron chi connectivity index (χ3n) is 1.55. The van der Waals surface area contributed by atoms with Crippen LogP contribution in [0.25, 0.3) is 0 Å². The Kier molecular flexibility index (Phi) is 2.45. The van der Waals surface area contributed by atoms with Crippen molar-refractivity contribution in [3.8, 4) is 0 Å². The summed E-state index contributed by atoms with van der Waals surface area (Å²) in [4.78, 5) is 0. The summed E-state index contributed by atoms with van der Waals surface area (Å²) in [5.41, 5.74) is 0. The summed E-state index contributed by atoms with van der Waals surface area (Å²) in [5, 5.41) is 10.9. The van der Waals surface area contributed by atoms with Crippen LogP contribution in [0.4, 0.5) is 0 Å². The molecule has 0 aromatic rings. The van der Waals surface area contributed by atoms with Gasteiger partial charge in [0.25, 0.3) is 0 Å². The second kappa shape index (κ2) is 3.15. The van der Waals surface area contributed by atoms with Crippen LogP contribution in [0.3, 0.4) is 0 Å². The summed E-state index contributed by atoms with van der Waals surface area (Å²) < 4.78 is 9.88. The van der Waals surface area contributed by atoms with Crippen LogP contribution >= 0.6 is 0 Å². The van der Waals surface area contributed by atoms with Crippen LogP contribution in [-0.2, 0) is 14.6 Å². The van der Waals surface area contributed by atoms with Crippen molar-refractivity contribution in [3.63, 3.8) is 0 Å². The van der Waals surface area contributed by atoms with Crippen molar-refractivity contribution >= 4 is 0 Å². The second-order valence-corrected chi connectivity index (χ2v) is 2.18. The Morgan fingerprint density at radius 1 is 1.67 bits per heavy atom. The summed E-state index contributed by atoms with van der Waals surface area (Å²) in [7, 11) is 1.55. The van der Waals surface area contributed by atoms with E-state index in [2.05, 4.69) is 0 Å². The van der Waals surface area contributed by atoms with Crippen LogP contribution in [-0.4, -0.2) is 32.5 Å². The summed E-state index contributed by atoms with van der Waals surface area (Å²) in [5.74, 6) is 0. The Labute approximate surface area is 54.6 Å². The Bertz CT molecular complexity index is 84.4. The van der Waals surface area contributed by atoms with Crippen molar-refractivity contribution in [2.75, 3.05) is 20.3 Å². The lowest BCUT2D eigenvalue weighted by Crippen LogP contribution is -2.37. The zero-order chi connectivity index (χ0) is 6.69. The van der Waals surface area contributed by atoms with E-state index in [1.165, 1.54) is 0 Å². The van der Waals surface area contributed by atoms with Crippen molar-refractivity contribution in [3.05, 3.63) is 0 Å². The van der Waals surface area contributed by atoms with Crippen molar-refractivity contribution in [1.29, 1.82) is 0 Å². The van der Waals surface area contributed by atoms with E-state index in [9.17, 15) is 5.11 Å². The molecule has 0 bridgehead atoms. The van der Waals surface area contributed by atoms with Gasteiger partial charge in [0, 0.05) is 20.1 Å². The SMILES string of the molecule is COC1COCCC1[O]. The van der Waals surface area contributed by atoms with Gasteiger partial charge in [-0.15, -0.1) is 0 Å². The molecule has 53 valence electrons. The third kappa shape index (κ3) is 1.64. The van der Waals surface area contributed by atoms with Crippen LogP contribution in [0.1, 0.15) is 6.42 Å². The molecule has 2 atom stereocenters. The van der Waals surface area contributed by atoms with Gasteiger partial charge >= 0.3 is 0 Å². The summed E-state index contributed by atoms with van der Waals surface area (Å²) in [6.07, 6.45) is -0.221. The Hall–Kier alpha value is -0.120.